The number of sulfone groups is 1. The van der Waals surface area contributed by atoms with Crippen LogP contribution in [0.1, 0.15) is 23.2 Å². The van der Waals surface area contributed by atoms with Gasteiger partial charge in [0.2, 0.25) is 0 Å². The molecule has 6 nitrogen and oxygen atoms in total. The molecule has 0 atom stereocenters. The number of rotatable bonds is 8. The van der Waals surface area contributed by atoms with Crippen LogP contribution in [0.3, 0.4) is 0 Å². The van der Waals surface area contributed by atoms with E-state index in [9.17, 15) is 8.42 Å². The molecule has 0 spiro atoms. The van der Waals surface area contributed by atoms with Gasteiger partial charge in [0.05, 0.1) is 17.2 Å². The first-order valence-electron chi connectivity index (χ1n) is 8.21. The second-order valence-corrected chi connectivity index (χ2v) is 8.72. The van der Waals surface area contributed by atoms with E-state index < -0.39 is 9.84 Å². The molecule has 0 radical (unpaired) electrons. The number of nitrogens with zero attached hydrogens (tertiary/aromatic N) is 2. The van der Waals surface area contributed by atoms with Crippen molar-refractivity contribution < 1.29 is 8.42 Å². The van der Waals surface area contributed by atoms with Crippen molar-refractivity contribution in [2.24, 2.45) is 4.99 Å². The minimum Gasteiger partial charge on any atom is -0.356 e. The molecule has 0 aliphatic heterocycles. The highest BCUT2D eigenvalue weighted by Crippen LogP contribution is 2.13. The molecule has 1 aromatic heterocycles. The molecular weight excluding hydrogens is 483 g/mol. The zero-order chi connectivity index (χ0) is 18.1. The zero-order valence-electron chi connectivity index (χ0n) is 14.9. The molecule has 0 amide bonds. The van der Waals surface area contributed by atoms with Crippen molar-refractivity contribution in [3.63, 3.8) is 0 Å². The predicted octanol–water partition coefficient (Wildman–Crippen LogP) is 2.85. The fraction of sp³-hybridized carbons (Fsp3) is 0.412. The van der Waals surface area contributed by atoms with E-state index in [1.807, 2.05) is 12.3 Å². The van der Waals surface area contributed by atoms with E-state index in [0.717, 1.165) is 11.4 Å². The van der Waals surface area contributed by atoms with Gasteiger partial charge in [-0.25, -0.2) is 13.4 Å². The van der Waals surface area contributed by atoms with Gasteiger partial charge in [-0.15, -0.1) is 35.3 Å². The minimum atomic E-state index is -3.23. The molecule has 0 saturated heterocycles. The maximum absolute atomic E-state index is 12.2. The number of aryl methyl sites for hydroxylation is 1. The first-order chi connectivity index (χ1) is 12.0. The Balaban J connectivity index is 0.00000338. The first-order valence-corrected chi connectivity index (χ1v) is 10.7. The molecular formula is C17H25IN4O2S2. The molecule has 0 fully saturated rings. The van der Waals surface area contributed by atoms with Crippen molar-refractivity contribution >= 4 is 51.1 Å². The lowest BCUT2D eigenvalue weighted by Crippen LogP contribution is -2.37. The Hall–Kier alpha value is -1.20. The summed E-state index contributed by atoms with van der Waals surface area (Å²) in [5, 5.41) is 7.33. The minimum absolute atomic E-state index is 0. The summed E-state index contributed by atoms with van der Waals surface area (Å²) in [5.74, 6) is 0.748. The van der Waals surface area contributed by atoms with E-state index in [1.54, 1.807) is 42.6 Å². The van der Waals surface area contributed by atoms with Gasteiger partial charge in [-0.3, -0.25) is 4.99 Å². The highest BCUT2D eigenvalue weighted by molar-refractivity contribution is 14.0. The summed E-state index contributed by atoms with van der Waals surface area (Å²) in [4.78, 5) is 10.1. The number of aromatic nitrogens is 1. The van der Waals surface area contributed by atoms with Gasteiger partial charge < -0.3 is 10.6 Å². The van der Waals surface area contributed by atoms with Crippen LogP contribution in [0.15, 0.2) is 46.4 Å². The SMILES string of the molecule is CCc1cnc(CNC(=NC)NCCCS(=O)(=O)c2ccccc2)s1.I. The van der Waals surface area contributed by atoms with E-state index in [1.165, 1.54) is 4.88 Å². The van der Waals surface area contributed by atoms with Crippen LogP contribution in [-0.4, -0.2) is 38.7 Å². The van der Waals surface area contributed by atoms with Gasteiger partial charge in [-0.05, 0) is 25.0 Å². The first kappa shape index (κ1) is 22.8. The molecule has 26 heavy (non-hydrogen) atoms. The molecule has 1 aromatic carbocycles. The topological polar surface area (TPSA) is 83.4 Å². The van der Waals surface area contributed by atoms with Crippen molar-refractivity contribution in [2.75, 3.05) is 19.3 Å². The van der Waals surface area contributed by atoms with Gasteiger partial charge >= 0.3 is 0 Å². The van der Waals surface area contributed by atoms with Crippen molar-refractivity contribution in [1.82, 2.24) is 15.6 Å². The van der Waals surface area contributed by atoms with E-state index in [0.29, 0.717) is 30.4 Å². The number of hydrogen-bond acceptors (Lipinski definition) is 5. The number of thiazole rings is 1. The average Bonchev–Trinajstić information content (AvgIpc) is 3.10. The van der Waals surface area contributed by atoms with E-state index in [4.69, 9.17) is 0 Å². The van der Waals surface area contributed by atoms with Crippen LogP contribution in [0.25, 0.3) is 0 Å². The third kappa shape index (κ3) is 7.20. The van der Waals surface area contributed by atoms with E-state index >= 15 is 0 Å². The average molecular weight is 508 g/mol. The lowest BCUT2D eigenvalue weighted by molar-refractivity contribution is 0.592. The predicted molar refractivity (Wildman–Crippen MR) is 118 cm³/mol. The number of guanidine groups is 1. The van der Waals surface area contributed by atoms with E-state index in [-0.39, 0.29) is 29.7 Å². The smallest absolute Gasteiger partial charge is 0.191 e. The molecule has 2 rings (SSSR count). The summed E-state index contributed by atoms with van der Waals surface area (Å²) in [6, 6.07) is 8.53. The highest BCUT2D eigenvalue weighted by atomic mass is 127. The van der Waals surface area contributed by atoms with Crippen LogP contribution >= 0.6 is 35.3 Å². The Bertz CT molecular complexity index is 792. The van der Waals surface area contributed by atoms with E-state index in [2.05, 4.69) is 27.5 Å². The Morgan fingerprint density at radius 1 is 1.23 bits per heavy atom. The summed E-state index contributed by atoms with van der Waals surface area (Å²) >= 11 is 1.68. The Morgan fingerprint density at radius 2 is 1.96 bits per heavy atom. The standard InChI is InChI=1S/C17H24N4O2S2.HI/c1-3-14-12-20-16(24-14)13-21-17(18-2)19-10-7-11-25(22,23)15-8-5-4-6-9-15;/h4-6,8-9,12H,3,7,10-11,13H2,1-2H3,(H2,18,19,21);1H. The quantitative estimate of drug-likeness (QED) is 0.248. The third-order valence-corrected chi connectivity index (χ3v) is 6.52. The van der Waals surface area contributed by atoms with Gasteiger partial charge in [0.15, 0.2) is 15.8 Å². The molecule has 0 aliphatic carbocycles. The number of hydrogen-bond donors (Lipinski definition) is 2. The van der Waals surface area contributed by atoms with Crippen molar-refractivity contribution in [2.45, 2.75) is 31.2 Å². The molecule has 2 N–H and O–H groups in total. The largest absolute Gasteiger partial charge is 0.356 e. The van der Waals surface area contributed by atoms with Crippen LogP contribution in [0.5, 0.6) is 0 Å². The van der Waals surface area contributed by atoms with Crippen LogP contribution in [0, 0.1) is 0 Å². The maximum atomic E-state index is 12.2. The fourth-order valence-corrected chi connectivity index (χ4v) is 4.32. The molecule has 0 saturated carbocycles. The maximum Gasteiger partial charge on any atom is 0.191 e. The summed E-state index contributed by atoms with van der Waals surface area (Å²) in [5.41, 5.74) is 0. The molecule has 0 unspecified atom stereocenters. The summed E-state index contributed by atoms with van der Waals surface area (Å²) in [7, 11) is -1.54. The Labute approximate surface area is 176 Å². The molecule has 0 aliphatic rings. The van der Waals surface area contributed by atoms with Crippen molar-refractivity contribution in [3.05, 3.63) is 46.4 Å². The van der Waals surface area contributed by atoms with Gasteiger partial charge in [0.25, 0.3) is 0 Å². The Morgan fingerprint density at radius 3 is 2.58 bits per heavy atom. The fourth-order valence-electron chi connectivity index (χ4n) is 2.19. The Kier molecular flexibility index (Phi) is 10.1. The number of nitrogens with one attached hydrogen (secondary N) is 2. The molecule has 2 aromatic rings. The highest BCUT2D eigenvalue weighted by Gasteiger charge is 2.13. The second kappa shape index (κ2) is 11.5. The molecule has 144 valence electrons. The van der Waals surface area contributed by atoms with Crippen molar-refractivity contribution in [3.8, 4) is 0 Å². The number of aliphatic imine (C=N–C) groups is 1. The lowest BCUT2D eigenvalue weighted by atomic mass is 10.4. The molecule has 0 bridgehead atoms. The lowest BCUT2D eigenvalue weighted by Gasteiger charge is -2.11. The molecule has 1 heterocycles. The summed E-state index contributed by atoms with van der Waals surface area (Å²) < 4.78 is 24.4. The van der Waals surface area contributed by atoms with Crippen LogP contribution in [-0.2, 0) is 22.8 Å². The monoisotopic (exact) mass is 508 g/mol. The zero-order valence-corrected chi connectivity index (χ0v) is 18.9. The number of halogens is 1. The second-order valence-electron chi connectivity index (χ2n) is 5.41. The van der Waals surface area contributed by atoms with Gasteiger partial charge in [0, 0.05) is 24.7 Å². The van der Waals surface area contributed by atoms with Gasteiger partial charge in [0.1, 0.15) is 5.01 Å². The van der Waals surface area contributed by atoms with Crippen molar-refractivity contribution in [1.29, 1.82) is 0 Å². The summed E-state index contributed by atoms with van der Waals surface area (Å²) in [6.07, 6.45) is 3.39. The van der Waals surface area contributed by atoms with Crippen LogP contribution in [0.2, 0.25) is 0 Å². The third-order valence-electron chi connectivity index (χ3n) is 3.57. The normalized spacial score (nSPS) is 11.7. The van der Waals surface area contributed by atoms with Gasteiger partial charge in [-0.2, -0.15) is 0 Å². The molecule has 9 heteroatoms. The summed E-state index contributed by atoms with van der Waals surface area (Å²) in [6.45, 7) is 3.24. The van der Waals surface area contributed by atoms with Gasteiger partial charge in [-0.1, -0.05) is 25.1 Å². The van der Waals surface area contributed by atoms with Crippen LogP contribution in [0.4, 0.5) is 0 Å². The number of benzene rings is 1. The van der Waals surface area contributed by atoms with Crippen LogP contribution < -0.4 is 10.6 Å².